The average molecular weight is 327 g/mol. The van der Waals surface area contributed by atoms with Gasteiger partial charge in [-0.15, -0.1) is 0 Å². The molecule has 0 N–H and O–H groups in total. The van der Waals surface area contributed by atoms with Crippen LogP contribution in [0.3, 0.4) is 0 Å². The number of nitrogens with zero attached hydrogens (tertiary/aromatic N) is 3. The highest BCUT2D eigenvalue weighted by Crippen LogP contribution is 2.26. The van der Waals surface area contributed by atoms with Crippen molar-refractivity contribution in [3.63, 3.8) is 0 Å². The number of benzene rings is 1. The first-order valence-corrected chi connectivity index (χ1v) is 8.54. The number of aromatic nitrogens is 1. The van der Waals surface area contributed by atoms with E-state index in [1.54, 1.807) is 6.07 Å². The summed E-state index contributed by atoms with van der Waals surface area (Å²) in [5, 5.41) is 0. The van der Waals surface area contributed by atoms with E-state index >= 15 is 0 Å². The maximum atomic E-state index is 13.3. The predicted molar refractivity (Wildman–Crippen MR) is 90.3 cm³/mol. The molecule has 126 valence electrons. The molecule has 2 saturated heterocycles. The zero-order valence-electron chi connectivity index (χ0n) is 13.6. The molecule has 0 radical (unpaired) electrons. The van der Waals surface area contributed by atoms with Crippen molar-refractivity contribution in [2.45, 2.75) is 25.1 Å². The van der Waals surface area contributed by atoms with E-state index in [4.69, 9.17) is 4.74 Å². The smallest absolute Gasteiger partial charge is 0.126 e. The summed E-state index contributed by atoms with van der Waals surface area (Å²) in [7, 11) is 0. The molecule has 24 heavy (non-hydrogen) atoms. The highest BCUT2D eigenvalue weighted by molar-refractivity contribution is 5.23. The van der Waals surface area contributed by atoms with Crippen LogP contribution in [0, 0.1) is 5.82 Å². The van der Waals surface area contributed by atoms with Gasteiger partial charge in [0.2, 0.25) is 0 Å². The van der Waals surface area contributed by atoms with Crippen LogP contribution in [0.2, 0.25) is 0 Å². The van der Waals surface area contributed by atoms with Crippen LogP contribution in [0.4, 0.5) is 4.39 Å². The third-order valence-electron chi connectivity index (χ3n) is 4.92. The lowest BCUT2D eigenvalue weighted by molar-refractivity contribution is 0.0978. The van der Waals surface area contributed by atoms with Gasteiger partial charge in [0.05, 0.1) is 0 Å². The SMILES string of the molecule is Fc1cccc(O[C@@H]2C[C@H]3CN(Cc4ccncc4)CCN3C2)c1. The third kappa shape index (κ3) is 3.57. The van der Waals surface area contributed by atoms with Gasteiger partial charge in [0.15, 0.2) is 0 Å². The summed E-state index contributed by atoms with van der Waals surface area (Å²) in [5.74, 6) is 0.389. The lowest BCUT2D eigenvalue weighted by Crippen LogP contribution is -2.49. The molecule has 0 amide bonds. The summed E-state index contributed by atoms with van der Waals surface area (Å²) in [5.41, 5.74) is 1.31. The van der Waals surface area contributed by atoms with Crippen molar-refractivity contribution < 1.29 is 9.13 Å². The minimum Gasteiger partial charge on any atom is -0.489 e. The Morgan fingerprint density at radius 2 is 2.00 bits per heavy atom. The second-order valence-electron chi connectivity index (χ2n) is 6.67. The van der Waals surface area contributed by atoms with E-state index in [1.165, 1.54) is 17.7 Å². The van der Waals surface area contributed by atoms with Crippen LogP contribution in [0.5, 0.6) is 5.75 Å². The Labute approximate surface area is 141 Å². The van der Waals surface area contributed by atoms with E-state index in [-0.39, 0.29) is 11.9 Å². The van der Waals surface area contributed by atoms with Crippen LogP contribution in [0.1, 0.15) is 12.0 Å². The fourth-order valence-electron chi connectivity index (χ4n) is 3.77. The lowest BCUT2D eigenvalue weighted by atomic mass is 10.1. The molecule has 0 saturated carbocycles. The minimum absolute atomic E-state index is 0.151. The largest absolute Gasteiger partial charge is 0.489 e. The van der Waals surface area contributed by atoms with Gasteiger partial charge in [-0.25, -0.2) is 4.39 Å². The Balaban J connectivity index is 1.34. The van der Waals surface area contributed by atoms with Crippen LogP contribution >= 0.6 is 0 Å². The van der Waals surface area contributed by atoms with Gasteiger partial charge in [-0.1, -0.05) is 6.07 Å². The van der Waals surface area contributed by atoms with Crippen molar-refractivity contribution in [2.75, 3.05) is 26.2 Å². The van der Waals surface area contributed by atoms with Gasteiger partial charge >= 0.3 is 0 Å². The highest BCUT2D eigenvalue weighted by atomic mass is 19.1. The van der Waals surface area contributed by atoms with E-state index in [1.807, 2.05) is 18.5 Å². The van der Waals surface area contributed by atoms with Crippen LogP contribution in [0.15, 0.2) is 48.8 Å². The molecule has 1 aromatic carbocycles. The summed E-state index contributed by atoms with van der Waals surface area (Å²) in [6.07, 6.45) is 4.86. The molecule has 2 aromatic rings. The summed E-state index contributed by atoms with van der Waals surface area (Å²) < 4.78 is 19.3. The fourth-order valence-corrected chi connectivity index (χ4v) is 3.77. The number of halogens is 1. The predicted octanol–water partition coefficient (Wildman–Crippen LogP) is 2.56. The molecule has 1 aromatic heterocycles. The second-order valence-corrected chi connectivity index (χ2v) is 6.67. The molecule has 2 aliphatic heterocycles. The van der Waals surface area contributed by atoms with E-state index in [2.05, 4.69) is 26.9 Å². The number of hydrogen-bond acceptors (Lipinski definition) is 4. The molecule has 0 aliphatic carbocycles. The Bertz CT molecular complexity index is 681. The number of fused-ring (bicyclic) bond motifs is 1. The Kier molecular flexibility index (Phi) is 4.45. The number of ether oxygens (including phenoxy) is 1. The van der Waals surface area contributed by atoms with Gasteiger partial charge in [0, 0.05) is 63.6 Å². The van der Waals surface area contributed by atoms with E-state index in [0.29, 0.717) is 11.8 Å². The van der Waals surface area contributed by atoms with Crippen molar-refractivity contribution in [2.24, 2.45) is 0 Å². The fraction of sp³-hybridized carbons (Fsp3) is 0.421. The van der Waals surface area contributed by atoms with Gasteiger partial charge < -0.3 is 4.74 Å². The van der Waals surface area contributed by atoms with Gasteiger partial charge in [-0.3, -0.25) is 14.8 Å². The molecule has 0 unspecified atom stereocenters. The van der Waals surface area contributed by atoms with Gasteiger partial charge in [0.25, 0.3) is 0 Å². The lowest BCUT2D eigenvalue weighted by Gasteiger charge is -2.37. The zero-order valence-corrected chi connectivity index (χ0v) is 13.6. The van der Waals surface area contributed by atoms with Crippen LogP contribution in [-0.4, -0.2) is 53.1 Å². The number of hydrogen-bond donors (Lipinski definition) is 0. The summed E-state index contributed by atoms with van der Waals surface area (Å²) >= 11 is 0. The maximum absolute atomic E-state index is 13.3. The van der Waals surface area contributed by atoms with E-state index < -0.39 is 0 Å². The van der Waals surface area contributed by atoms with Crippen molar-refractivity contribution in [1.82, 2.24) is 14.8 Å². The van der Waals surface area contributed by atoms with Crippen molar-refractivity contribution in [3.8, 4) is 5.75 Å². The second kappa shape index (κ2) is 6.87. The average Bonchev–Trinajstić information content (AvgIpc) is 2.97. The first kappa shape index (κ1) is 15.5. The molecule has 4 nitrogen and oxygen atoms in total. The molecular formula is C19H22FN3O. The molecule has 0 bridgehead atoms. The first-order chi connectivity index (χ1) is 11.8. The molecule has 2 fully saturated rings. The van der Waals surface area contributed by atoms with Crippen molar-refractivity contribution in [3.05, 3.63) is 60.2 Å². The van der Waals surface area contributed by atoms with Crippen molar-refractivity contribution in [1.29, 1.82) is 0 Å². The standard InChI is InChI=1S/C19H22FN3O/c20-16-2-1-3-18(10-16)24-19-11-17-13-22(8-9-23(17)14-19)12-15-4-6-21-7-5-15/h1-7,10,17,19H,8-9,11-14H2/t17-,19+/m0/s1. The Morgan fingerprint density at radius 3 is 2.83 bits per heavy atom. The molecule has 4 rings (SSSR count). The highest BCUT2D eigenvalue weighted by Gasteiger charge is 2.37. The van der Waals surface area contributed by atoms with Crippen LogP contribution in [-0.2, 0) is 6.54 Å². The maximum Gasteiger partial charge on any atom is 0.126 e. The van der Waals surface area contributed by atoms with Gasteiger partial charge in [-0.05, 0) is 29.8 Å². The summed E-state index contributed by atoms with van der Waals surface area (Å²) in [6, 6.07) is 11.1. The zero-order chi connectivity index (χ0) is 16.4. The Morgan fingerprint density at radius 1 is 1.12 bits per heavy atom. The van der Waals surface area contributed by atoms with Gasteiger partial charge in [0.1, 0.15) is 17.7 Å². The molecule has 0 spiro atoms. The normalized spacial score (nSPS) is 24.7. The summed E-state index contributed by atoms with van der Waals surface area (Å²) in [4.78, 5) is 9.09. The number of pyridine rings is 1. The Hall–Kier alpha value is -1.98. The molecule has 2 atom stereocenters. The quantitative estimate of drug-likeness (QED) is 0.863. The first-order valence-electron chi connectivity index (χ1n) is 8.54. The molecular weight excluding hydrogens is 305 g/mol. The summed E-state index contributed by atoms with van der Waals surface area (Å²) in [6.45, 7) is 5.11. The number of rotatable bonds is 4. The molecule has 2 aliphatic rings. The third-order valence-corrected chi connectivity index (χ3v) is 4.92. The van der Waals surface area contributed by atoms with Gasteiger partial charge in [-0.2, -0.15) is 0 Å². The van der Waals surface area contributed by atoms with E-state index in [0.717, 1.165) is 39.1 Å². The number of piperazine rings is 1. The monoisotopic (exact) mass is 327 g/mol. The minimum atomic E-state index is -0.244. The molecule has 3 heterocycles. The van der Waals surface area contributed by atoms with Crippen LogP contribution < -0.4 is 4.74 Å². The van der Waals surface area contributed by atoms with E-state index in [9.17, 15) is 4.39 Å². The topological polar surface area (TPSA) is 28.6 Å². The molecule has 5 heteroatoms. The van der Waals surface area contributed by atoms with Crippen molar-refractivity contribution >= 4 is 0 Å². The van der Waals surface area contributed by atoms with Crippen LogP contribution in [0.25, 0.3) is 0 Å².